The molecule has 176 valence electrons. The quantitative estimate of drug-likeness (QED) is 0.341. The summed E-state index contributed by atoms with van der Waals surface area (Å²) in [6, 6.07) is -0.261. The number of halogens is 1. The van der Waals surface area contributed by atoms with Crippen LogP contribution in [0.15, 0.2) is 21.2 Å². The van der Waals surface area contributed by atoms with Gasteiger partial charge in [-0.15, -0.1) is 11.3 Å². The molecule has 2 unspecified atom stereocenters. The minimum absolute atomic E-state index is 0.261. The first-order valence-corrected chi connectivity index (χ1v) is 13.4. The van der Waals surface area contributed by atoms with E-state index in [1.165, 1.54) is 28.9 Å². The molecule has 7 heteroatoms. The fourth-order valence-electron chi connectivity index (χ4n) is 4.95. The molecule has 0 fully saturated rings. The monoisotopic (exact) mass is 521 g/mol. The molecule has 5 nitrogen and oxygen atoms in total. The van der Waals surface area contributed by atoms with Gasteiger partial charge in [0.2, 0.25) is 0 Å². The minimum atomic E-state index is -0.261. The highest BCUT2D eigenvalue weighted by Crippen LogP contribution is 2.44. The van der Waals surface area contributed by atoms with E-state index < -0.39 is 0 Å². The zero-order chi connectivity index (χ0) is 23.3. The predicted octanol–water partition coefficient (Wildman–Crippen LogP) is 6.52. The van der Waals surface area contributed by atoms with Crippen LogP contribution in [0.2, 0.25) is 0 Å². The van der Waals surface area contributed by atoms with Crippen LogP contribution in [0.5, 0.6) is 0 Å². The van der Waals surface area contributed by atoms with Gasteiger partial charge in [-0.3, -0.25) is 10.1 Å². The van der Waals surface area contributed by atoms with E-state index in [1.54, 1.807) is 11.3 Å². The van der Waals surface area contributed by atoms with Crippen molar-refractivity contribution in [3.8, 4) is 0 Å². The van der Waals surface area contributed by atoms with Crippen molar-refractivity contribution in [2.24, 2.45) is 5.92 Å². The number of aldehydes is 1. The SMILES string of the molecule is CCCCC1=C(/C(CNC(=O)Nc2sc3c(c2C=O)CC(C)CC3C)=C(\C)Br)CCNC1. The van der Waals surface area contributed by atoms with Crippen LogP contribution in [0.1, 0.15) is 86.5 Å². The van der Waals surface area contributed by atoms with Crippen molar-refractivity contribution in [1.82, 2.24) is 10.6 Å². The van der Waals surface area contributed by atoms with Crippen LogP contribution in [0.4, 0.5) is 9.80 Å². The Morgan fingerprint density at radius 3 is 2.81 bits per heavy atom. The molecule has 2 atom stereocenters. The highest BCUT2D eigenvalue weighted by atomic mass is 79.9. The number of thiophene rings is 1. The first kappa shape index (κ1) is 25.2. The molecular formula is C25H36BrN3O2S. The van der Waals surface area contributed by atoms with Gasteiger partial charge in [0.15, 0.2) is 6.29 Å². The van der Waals surface area contributed by atoms with E-state index in [0.29, 0.717) is 28.9 Å². The van der Waals surface area contributed by atoms with Gasteiger partial charge in [-0.05, 0) is 78.6 Å². The van der Waals surface area contributed by atoms with E-state index in [-0.39, 0.29) is 6.03 Å². The maximum atomic E-state index is 12.8. The summed E-state index contributed by atoms with van der Waals surface area (Å²) >= 11 is 5.23. The van der Waals surface area contributed by atoms with Crippen molar-refractivity contribution in [2.45, 2.75) is 72.1 Å². The fourth-order valence-corrected chi connectivity index (χ4v) is 6.59. The number of anilines is 1. The number of hydrogen-bond acceptors (Lipinski definition) is 4. The van der Waals surface area contributed by atoms with Crippen LogP contribution in [0, 0.1) is 5.92 Å². The molecule has 1 aromatic rings. The van der Waals surface area contributed by atoms with E-state index in [2.05, 4.69) is 52.7 Å². The number of rotatable bonds is 8. The number of carbonyl (C=O) groups excluding carboxylic acids is 2. The fraction of sp³-hybridized carbons (Fsp3) is 0.600. The van der Waals surface area contributed by atoms with Gasteiger partial charge in [0, 0.05) is 18.0 Å². The number of unbranched alkanes of at least 4 members (excludes halogenated alkanes) is 1. The number of fused-ring (bicyclic) bond motifs is 1. The molecular weight excluding hydrogens is 486 g/mol. The highest BCUT2D eigenvalue weighted by Gasteiger charge is 2.29. The second-order valence-electron chi connectivity index (χ2n) is 9.18. The third-order valence-electron chi connectivity index (χ3n) is 6.54. The standard InChI is InChI=1S/C25H36BrN3O2S/c1-5-6-7-18-12-27-9-8-19(18)21(17(4)26)13-28-25(31)29-24-22(14-30)20-11-15(2)10-16(3)23(20)32-24/h14-16,27H,5-13H2,1-4H3,(H2,28,29,31)/b21-17+. The molecule has 1 aliphatic heterocycles. The van der Waals surface area contributed by atoms with Crippen molar-refractivity contribution in [2.75, 3.05) is 25.0 Å². The predicted molar refractivity (Wildman–Crippen MR) is 138 cm³/mol. The number of urea groups is 1. The lowest BCUT2D eigenvalue weighted by Gasteiger charge is -2.25. The molecule has 3 rings (SSSR count). The Kier molecular flexibility index (Phi) is 9.14. The number of amides is 2. The third-order valence-corrected chi connectivity index (χ3v) is 8.41. The van der Waals surface area contributed by atoms with Crippen LogP contribution >= 0.6 is 27.3 Å². The third kappa shape index (κ3) is 5.91. The Morgan fingerprint density at radius 2 is 2.12 bits per heavy atom. The average molecular weight is 523 g/mol. The minimum Gasteiger partial charge on any atom is -0.334 e. The zero-order valence-corrected chi connectivity index (χ0v) is 22.1. The van der Waals surface area contributed by atoms with Crippen LogP contribution in [0.3, 0.4) is 0 Å². The molecule has 32 heavy (non-hydrogen) atoms. The first-order valence-electron chi connectivity index (χ1n) is 11.8. The molecule has 2 amide bonds. The average Bonchev–Trinajstić information content (AvgIpc) is 3.10. The Labute approximate surface area is 204 Å². The van der Waals surface area contributed by atoms with Crippen LogP contribution < -0.4 is 16.0 Å². The molecule has 1 aromatic heterocycles. The lowest BCUT2D eigenvalue weighted by atomic mass is 9.82. The van der Waals surface area contributed by atoms with Gasteiger partial charge in [0.1, 0.15) is 5.00 Å². The topological polar surface area (TPSA) is 70.2 Å². The molecule has 0 bridgehead atoms. The van der Waals surface area contributed by atoms with Crippen molar-refractivity contribution in [1.29, 1.82) is 0 Å². The summed E-state index contributed by atoms with van der Waals surface area (Å²) in [5, 5.41) is 10.2. The molecule has 3 N–H and O–H groups in total. The van der Waals surface area contributed by atoms with Crippen LogP contribution in [-0.2, 0) is 6.42 Å². The van der Waals surface area contributed by atoms with Gasteiger partial charge in [-0.1, -0.05) is 48.7 Å². The van der Waals surface area contributed by atoms with Crippen LogP contribution in [0.25, 0.3) is 0 Å². The summed E-state index contributed by atoms with van der Waals surface area (Å²) in [5.41, 5.74) is 5.77. The maximum Gasteiger partial charge on any atom is 0.320 e. The van der Waals surface area contributed by atoms with Gasteiger partial charge >= 0.3 is 6.03 Å². The normalized spacial score (nSPS) is 21.7. The van der Waals surface area contributed by atoms with E-state index in [4.69, 9.17) is 0 Å². The smallest absolute Gasteiger partial charge is 0.320 e. The molecule has 0 saturated heterocycles. The highest BCUT2D eigenvalue weighted by molar-refractivity contribution is 9.11. The number of carbonyl (C=O) groups is 2. The summed E-state index contributed by atoms with van der Waals surface area (Å²) in [6.07, 6.45) is 7.36. The Bertz CT molecular complexity index is 915. The van der Waals surface area contributed by atoms with Crippen LogP contribution in [-0.4, -0.2) is 32.0 Å². The maximum absolute atomic E-state index is 12.8. The first-order chi connectivity index (χ1) is 15.3. The second kappa shape index (κ2) is 11.6. The Balaban J connectivity index is 1.72. The van der Waals surface area contributed by atoms with Gasteiger partial charge in [-0.2, -0.15) is 0 Å². The molecule has 0 aromatic carbocycles. The molecule has 0 saturated carbocycles. The summed E-state index contributed by atoms with van der Waals surface area (Å²) in [5.74, 6) is 0.984. The zero-order valence-electron chi connectivity index (χ0n) is 19.7. The van der Waals surface area contributed by atoms with Gasteiger partial charge in [0.05, 0.1) is 5.56 Å². The second-order valence-corrected chi connectivity index (χ2v) is 11.4. The lowest BCUT2D eigenvalue weighted by Crippen LogP contribution is -2.33. The number of hydrogen-bond donors (Lipinski definition) is 3. The van der Waals surface area contributed by atoms with Gasteiger partial charge in [-0.25, -0.2) is 4.79 Å². The van der Waals surface area contributed by atoms with Crippen molar-refractivity contribution in [3.63, 3.8) is 0 Å². The van der Waals surface area contributed by atoms with Crippen molar-refractivity contribution < 1.29 is 9.59 Å². The van der Waals surface area contributed by atoms with Gasteiger partial charge in [0.25, 0.3) is 0 Å². The van der Waals surface area contributed by atoms with Crippen molar-refractivity contribution >= 4 is 44.6 Å². The summed E-state index contributed by atoms with van der Waals surface area (Å²) in [6.45, 7) is 11.0. The largest absolute Gasteiger partial charge is 0.334 e. The van der Waals surface area contributed by atoms with E-state index in [0.717, 1.165) is 60.7 Å². The van der Waals surface area contributed by atoms with Gasteiger partial charge < -0.3 is 10.6 Å². The Hall–Kier alpha value is -1.44. The van der Waals surface area contributed by atoms with Crippen molar-refractivity contribution in [3.05, 3.63) is 37.2 Å². The summed E-state index contributed by atoms with van der Waals surface area (Å²) in [4.78, 5) is 25.9. The molecule has 2 heterocycles. The molecule has 1 aliphatic carbocycles. The van der Waals surface area contributed by atoms with E-state index in [9.17, 15) is 9.59 Å². The summed E-state index contributed by atoms with van der Waals surface area (Å²) < 4.78 is 1.06. The number of allylic oxidation sites excluding steroid dienone is 1. The molecule has 2 aliphatic rings. The van der Waals surface area contributed by atoms with E-state index >= 15 is 0 Å². The molecule has 0 radical (unpaired) electrons. The number of nitrogens with one attached hydrogen (secondary N) is 3. The summed E-state index contributed by atoms with van der Waals surface area (Å²) in [7, 11) is 0. The lowest BCUT2D eigenvalue weighted by molar-refractivity contribution is 0.112. The Morgan fingerprint density at radius 1 is 1.34 bits per heavy atom. The molecule has 0 spiro atoms. The van der Waals surface area contributed by atoms with E-state index in [1.807, 2.05) is 6.92 Å².